The number of halogens is 1. The molecule has 1 aromatic rings. The second-order valence-corrected chi connectivity index (χ2v) is 7.75. The summed E-state index contributed by atoms with van der Waals surface area (Å²) < 4.78 is 13.0. The van der Waals surface area contributed by atoms with E-state index in [1.54, 1.807) is 14.2 Å². The van der Waals surface area contributed by atoms with Crippen LogP contribution in [0.4, 0.5) is 5.69 Å². The summed E-state index contributed by atoms with van der Waals surface area (Å²) in [4.78, 5) is 1.26. The Morgan fingerprint density at radius 2 is 1.89 bits per heavy atom. The van der Waals surface area contributed by atoms with Crippen LogP contribution >= 0.6 is 29.0 Å². The zero-order chi connectivity index (χ0) is 13.3. The van der Waals surface area contributed by atoms with Crippen LogP contribution in [0.1, 0.15) is 12.5 Å². The zero-order valence-electron chi connectivity index (χ0n) is 10.9. The second-order valence-electron chi connectivity index (χ2n) is 3.82. The van der Waals surface area contributed by atoms with Crippen molar-refractivity contribution in [1.82, 2.24) is 5.32 Å². The van der Waals surface area contributed by atoms with Crippen molar-refractivity contribution < 1.29 is 9.47 Å². The molecule has 1 aliphatic heterocycles. The topological polar surface area (TPSA) is 33.7 Å². The van der Waals surface area contributed by atoms with Crippen LogP contribution in [0.25, 0.3) is 0 Å². The molecule has 0 bridgehead atoms. The molecule has 4 nitrogen and oxygen atoms in total. The average molecular weight is 380 g/mol. The highest BCUT2D eigenvalue weighted by molar-refractivity contribution is 14.2. The molecule has 0 amide bonds. The third kappa shape index (κ3) is 2.21. The molecule has 1 atom stereocenters. The van der Waals surface area contributed by atoms with Gasteiger partial charge in [0.05, 0.1) is 24.9 Å². The SMILES string of the molecule is CCNC1=S(I)N(C)c2cc(OC)c(OC)cc21. The predicted molar refractivity (Wildman–Crippen MR) is 87.3 cm³/mol. The van der Waals surface area contributed by atoms with Gasteiger partial charge in [-0.1, -0.05) is 6.92 Å². The molecule has 100 valence electrons. The molecule has 1 heterocycles. The van der Waals surface area contributed by atoms with Crippen LogP contribution in [-0.4, -0.2) is 32.8 Å². The number of anilines is 1. The number of ether oxygens (including phenoxy) is 2. The van der Waals surface area contributed by atoms with Gasteiger partial charge in [0, 0.05) is 39.9 Å². The van der Waals surface area contributed by atoms with Gasteiger partial charge in [0.15, 0.2) is 11.5 Å². The van der Waals surface area contributed by atoms with E-state index in [1.165, 1.54) is 16.2 Å². The summed E-state index contributed by atoms with van der Waals surface area (Å²) in [6.07, 6.45) is 0. The molecule has 2 rings (SSSR count). The van der Waals surface area contributed by atoms with Crippen molar-refractivity contribution in [3.63, 3.8) is 0 Å². The first kappa shape index (κ1) is 14.0. The first-order chi connectivity index (χ1) is 8.63. The molecule has 0 saturated carbocycles. The lowest BCUT2D eigenvalue weighted by atomic mass is 10.1. The van der Waals surface area contributed by atoms with Crippen LogP contribution in [0.3, 0.4) is 0 Å². The van der Waals surface area contributed by atoms with Gasteiger partial charge in [-0.3, -0.25) is 5.32 Å². The van der Waals surface area contributed by atoms with E-state index in [2.05, 4.69) is 44.8 Å². The Morgan fingerprint density at radius 3 is 2.44 bits per heavy atom. The summed E-state index contributed by atoms with van der Waals surface area (Å²) in [5, 5.41) is 3.45. The van der Waals surface area contributed by atoms with Crippen molar-refractivity contribution in [2.24, 2.45) is 0 Å². The van der Waals surface area contributed by atoms with Crippen LogP contribution in [0, 0.1) is 0 Å². The molecule has 1 aromatic carbocycles. The number of nitrogens with zero attached hydrogens (tertiary/aromatic N) is 1. The van der Waals surface area contributed by atoms with Crippen molar-refractivity contribution >= 4 is 39.7 Å². The van der Waals surface area contributed by atoms with E-state index in [0.29, 0.717) is 0 Å². The summed E-state index contributed by atoms with van der Waals surface area (Å²) >= 11 is 2.46. The quantitative estimate of drug-likeness (QED) is 0.646. The third-order valence-electron chi connectivity index (χ3n) is 2.83. The maximum Gasteiger partial charge on any atom is 0.162 e. The fourth-order valence-corrected chi connectivity index (χ4v) is 4.96. The van der Waals surface area contributed by atoms with Gasteiger partial charge in [-0.25, -0.2) is 0 Å². The van der Waals surface area contributed by atoms with Crippen LogP contribution < -0.4 is 19.1 Å². The summed E-state index contributed by atoms with van der Waals surface area (Å²) in [5.74, 6) is 1.55. The van der Waals surface area contributed by atoms with E-state index < -0.39 is 0 Å². The van der Waals surface area contributed by atoms with Crippen LogP contribution in [-0.2, 0) is 0 Å². The number of rotatable bonds is 3. The Hall–Kier alpha value is -0.470. The molecule has 1 aliphatic rings. The Kier molecular flexibility index (Phi) is 4.39. The van der Waals surface area contributed by atoms with E-state index >= 15 is 0 Å². The second kappa shape index (κ2) is 5.66. The lowest BCUT2D eigenvalue weighted by Gasteiger charge is -2.16. The van der Waals surface area contributed by atoms with Gasteiger partial charge < -0.3 is 13.8 Å². The van der Waals surface area contributed by atoms with Crippen molar-refractivity contribution in [2.75, 3.05) is 32.1 Å². The van der Waals surface area contributed by atoms with Gasteiger partial charge in [0.2, 0.25) is 0 Å². The molecule has 1 N–H and O–H groups in total. The minimum atomic E-state index is 0.0255. The fraction of sp³-hybridized carbons (Fsp3) is 0.417. The minimum Gasteiger partial charge on any atom is -0.493 e. The number of benzene rings is 1. The van der Waals surface area contributed by atoms with E-state index in [-0.39, 0.29) is 7.84 Å². The predicted octanol–water partition coefficient (Wildman–Crippen LogP) is 2.78. The highest BCUT2D eigenvalue weighted by atomic mass is 127. The van der Waals surface area contributed by atoms with Crippen LogP contribution in [0.5, 0.6) is 11.5 Å². The van der Waals surface area contributed by atoms with Crippen molar-refractivity contribution in [3.05, 3.63) is 17.7 Å². The van der Waals surface area contributed by atoms with Crippen molar-refractivity contribution in [3.8, 4) is 11.5 Å². The largest absolute Gasteiger partial charge is 0.493 e. The summed E-state index contributed by atoms with van der Waals surface area (Å²) in [7, 11) is 5.46. The van der Waals surface area contributed by atoms with E-state index in [1.807, 2.05) is 12.1 Å². The molecule has 0 aromatic heterocycles. The van der Waals surface area contributed by atoms with Crippen molar-refractivity contribution in [1.29, 1.82) is 0 Å². The molecule has 6 heteroatoms. The molecule has 1 unspecified atom stereocenters. The fourth-order valence-electron chi connectivity index (χ4n) is 1.94. The van der Waals surface area contributed by atoms with Gasteiger partial charge in [-0.2, -0.15) is 0 Å². The van der Waals surface area contributed by atoms with Crippen LogP contribution in [0.15, 0.2) is 12.1 Å². The average Bonchev–Trinajstić information content (AvgIpc) is 2.62. The Labute approximate surface area is 122 Å². The molecule has 0 fully saturated rings. The van der Waals surface area contributed by atoms with Gasteiger partial charge in [0.25, 0.3) is 0 Å². The number of methoxy groups -OCH3 is 2. The Morgan fingerprint density at radius 1 is 1.28 bits per heavy atom. The highest BCUT2D eigenvalue weighted by Gasteiger charge is 2.26. The molecule has 0 saturated heterocycles. The van der Waals surface area contributed by atoms with Crippen molar-refractivity contribution in [2.45, 2.75) is 6.92 Å². The smallest absolute Gasteiger partial charge is 0.162 e. The maximum absolute atomic E-state index is 5.37. The van der Waals surface area contributed by atoms with E-state index in [4.69, 9.17) is 9.47 Å². The molecule has 0 radical (unpaired) electrons. The van der Waals surface area contributed by atoms with Crippen LogP contribution in [0.2, 0.25) is 0 Å². The molecular formula is C12H17IN2O2S. The molecular weight excluding hydrogens is 363 g/mol. The first-order valence-electron chi connectivity index (χ1n) is 5.65. The lowest BCUT2D eigenvalue weighted by molar-refractivity contribution is 0.355. The number of fused-ring (bicyclic) bond motifs is 1. The molecule has 0 aliphatic carbocycles. The zero-order valence-corrected chi connectivity index (χ0v) is 13.9. The summed E-state index contributed by atoms with van der Waals surface area (Å²) in [6, 6.07) is 4.09. The third-order valence-corrected chi connectivity index (χ3v) is 7.30. The van der Waals surface area contributed by atoms with Gasteiger partial charge in [-0.15, -0.1) is 0 Å². The normalized spacial score (nSPS) is 17.9. The first-order valence-corrected chi connectivity index (χ1v) is 9.38. The Balaban J connectivity index is 2.56. The van der Waals surface area contributed by atoms with Gasteiger partial charge >= 0.3 is 0 Å². The van der Waals surface area contributed by atoms with Gasteiger partial charge in [-0.05, 0) is 20.5 Å². The maximum atomic E-state index is 5.37. The summed E-state index contributed by atoms with van der Waals surface area (Å²) in [5.41, 5.74) is 2.39. The monoisotopic (exact) mass is 380 g/mol. The number of hydrogen-bond donors (Lipinski definition) is 1. The minimum absolute atomic E-state index is 0.0255. The van der Waals surface area contributed by atoms with E-state index in [0.717, 1.165) is 18.0 Å². The Bertz CT molecular complexity index is 505. The summed E-state index contributed by atoms with van der Waals surface area (Å²) in [6.45, 7) is 3.03. The molecule has 18 heavy (non-hydrogen) atoms. The lowest BCUT2D eigenvalue weighted by Crippen LogP contribution is -2.21. The standard InChI is InChI=1S/C12H17IN2O2S/c1-5-14-12-8-6-10(16-3)11(17-4)7-9(8)15(2)18(12)13/h6-7,14H,5H2,1-4H3. The number of hydrogen-bond acceptors (Lipinski definition) is 4. The van der Waals surface area contributed by atoms with Gasteiger partial charge in [0.1, 0.15) is 0 Å². The van der Waals surface area contributed by atoms with E-state index in [9.17, 15) is 0 Å². The highest BCUT2D eigenvalue weighted by Crippen LogP contribution is 2.47. The number of nitrogens with one attached hydrogen (secondary N) is 1. The molecule has 0 spiro atoms.